The molecule has 69 heavy (non-hydrogen) atoms. The Morgan fingerprint density at radius 1 is 0.275 bits per heavy atom. The van der Waals surface area contributed by atoms with Crippen LogP contribution in [0.15, 0.2) is 239 Å². The molecule has 6 nitrogen and oxygen atoms in total. The quantitative estimate of drug-likeness (QED) is 0.159. The summed E-state index contributed by atoms with van der Waals surface area (Å²) in [6.07, 6.45) is 0. The van der Waals surface area contributed by atoms with Crippen molar-refractivity contribution < 1.29 is 8.83 Å². The fourth-order valence-electron chi connectivity index (χ4n) is 10.2. The van der Waals surface area contributed by atoms with Gasteiger partial charge in [0.2, 0.25) is 0 Å². The van der Waals surface area contributed by atoms with Crippen LogP contribution in [0.4, 0.5) is 0 Å². The van der Waals surface area contributed by atoms with Gasteiger partial charge in [0, 0.05) is 54.7 Å². The molecule has 0 aliphatic rings. The first-order valence-corrected chi connectivity index (χ1v) is 23.2. The van der Waals surface area contributed by atoms with Crippen molar-refractivity contribution in [1.82, 2.24) is 19.5 Å². The average Bonchev–Trinajstić information content (AvgIpc) is 4.10. The normalized spacial score (nSPS) is 11.8. The number of rotatable bonds is 7. The maximum absolute atomic E-state index is 6.73. The Bertz CT molecular complexity index is 4290. The Morgan fingerprint density at radius 2 is 0.812 bits per heavy atom. The highest BCUT2D eigenvalue weighted by Gasteiger charge is 2.22. The zero-order valence-electron chi connectivity index (χ0n) is 37.0. The van der Waals surface area contributed by atoms with Crippen molar-refractivity contribution in [1.29, 1.82) is 0 Å². The van der Waals surface area contributed by atoms with Gasteiger partial charge in [-0.2, -0.15) is 0 Å². The minimum Gasteiger partial charge on any atom is -0.456 e. The molecule has 0 aliphatic carbocycles. The van der Waals surface area contributed by atoms with Crippen LogP contribution < -0.4 is 0 Å². The predicted molar refractivity (Wildman–Crippen MR) is 281 cm³/mol. The largest absolute Gasteiger partial charge is 0.456 e. The summed E-state index contributed by atoms with van der Waals surface area (Å²) in [5.41, 5.74) is 15.7. The van der Waals surface area contributed by atoms with Gasteiger partial charge in [0.05, 0.1) is 11.0 Å². The zero-order chi connectivity index (χ0) is 45.4. The summed E-state index contributed by atoms with van der Waals surface area (Å²) in [5, 5.41) is 6.38. The van der Waals surface area contributed by atoms with Gasteiger partial charge < -0.3 is 13.4 Å². The first kappa shape index (κ1) is 38.8. The van der Waals surface area contributed by atoms with Crippen LogP contribution in [0.25, 0.3) is 139 Å². The number of hydrogen-bond donors (Lipinski definition) is 0. The molecule has 6 heteroatoms. The van der Waals surface area contributed by atoms with Gasteiger partial charge in [0.1, 0.15) is 22.3 Å². The second kappa shape index (κ2) is 15.6. The van der Waals surface area contributed by atoms with Crippen LogP contribution in [0, 0.1) is 0 Å². The first-order valence-electron chi connectivity index (χ1n) is 23.2. The maximum atomic E-state index is 6.73. The SMILES string of the molecule is c1ccc(-c2ccc(-c3nc(-c4ccccc4)nc(-c4cc(-c5cccc6oc7ccc(-n8c9ccccc9c9cc(-c%10ccccc%10)ccc98)cc7c56)cc5oc6ccccc6c45)n3)cc2)cc1. The fourth-order valence-corrected chi connectivity index (χ4v) is 10.2. The predicted octanol–water partition coefficient (Wildman–Crippen LogP) is 16.8. The van der Waals surface area contributed by atoms with Gasteiger partial charge >= 0.3 is 0 Å². The summed E-state index contributed by atoms with van der Waals surface area (Å²) in [4.78, 5) is 15.7. The molecule has 10 aromatic carbocycles. The molecule has 14 aromatic rings. The monoisotopic (exact) mass is 882 g/mol. The number of aromatic nitrogens is 4. The smallest absolute Gasteiger partial charge is 0.164 e. The molecule has 0 fully saturated rings. The van der Waals surface area contributed by atoms with E-state index in [0.717, 1.165) is 99.5 Å². The lowest BCUT2D eigenvalue weighted by molar-refractivity contribution is 0.668. The Kier molecular flexibility index (Phi) is 8.79. The van der Waals surface area contributed by atoms with Gasteiger partial charge in [-0.05, 0) is 94.0 Å². The van der Waals surface area contributed by atoms with Crippen molar-refractivity contribution >= 4 is 65.7 Å². The third kappa shape index (κ3) is 6.45. The third-order valence-corrected chi connectivity index (χ3v) is 13.5. The summed E-state index contributed by atoms with van der Waals surface area (Å²) in [7, 11) is 0. The molecule has 0 atom stereocenters. The number of nitrogens with zero attached hydrogens (tertiary/aromatic N) is 4. The van der Waals surface area contributed by atoms with E-state index in [1.165, 1.54) is 21.9 Å². The Hall–Kier alpha value is -9.39. The molecular weight excluding hydrogens is 845 g/mol. The molecule has 4 heterocycles. The van der Waals surface area contributed by atoms with E-state index in [9.17, 15) is 0 Å². The molecule has 0 radical (unpaired) electrons. The van der Waals surface area contributed by atoms with Crippen LogP contribution in [0.3, 0.4) is 0 Å². The fraction of sp³-hybridized carbons (Fsp3) is 0. The van der Waals surface area contributed by atoms with Crippen molar-refractivity contribution in [3.8, 4) is 73.2 Å². The summed E-state index contributed by atoms with van der Waals surface area (Å²) >= 11 is 0. The molecular formula is C63H38N4O2. The molecule has 0 amide bonds. The average molecular weight is 883 g/mol. The first-order chi connectivity index (χ1) is 34.2. The van der Waals surface area contributed by atoms with E-state index in [4.69, 9.17) is 23.8 Å². The number of fused-ring (bicyclic) bond motifs is 9. The number of para-hydroxylation sites is 2. The molecule has 4 aromatic heterocycles. The van der Waals surface area contributed by atoms with Gasteiger partial charge in [0.15, 0.2) is 17.5 Å². The van der Waals surface area contributed by atoms with Crippen LogP contribution in [0.2, 0.25) is 0 Å². The van der Waals surface area contributed by atoms with Gasteiger partial charge in [-0.15, -0.1) is 0 Å². The molecule has 0 saturated heterocycles. The topological polar surface area (TPSA) is 69.9 Å². The van der Waals surface area contributed by atoms with Gasteiger partial charge in [-0.3, -0.25) is 0 Å². The van der Waals surface area contributed by atoms with Crippen LogP contribution in [0.1, 0.15) is 0 Å². The summed E-state index contributed by atoms with van der Waals surface area (Å²) in [6, 6.07) is 80.4. The van der Waals surface area contributed by atoms with Crippen molar-refractivity contribution in [2.24, 2.45) is 0 Å². The van der Waals surface area contributed by atoms with Crippen molar-refractivity contribution in [2.45, 2.75) is 0 Å². The summed E-state index contributed by atoms with van der Waals surface area (Å²) < 4.78 is 15.8. The molecule has 0 saturated carbocycles. The lowest BCUT2D eigenvalue weighted by atomic mass is 9.95. The minimum atomic E-state index is 0.553. The maximum Gasteiger partial charge on any atom is 0.164 e. The molecule has 0 aliphatic heterocycles. The van der Waals surface area contributed by atoms with Crippen LogP contribution in [0.5, 0.6) is 0 Å². The highest BCUT2D eigenvalue weighted by atomic mass is 16.3. The van der Waals surface area contributed by atoms with E-state index in [0.29, 0.717) is 17.5 Å². The second-order valence-corrected chi connectivity index (χ2v) is 17.5. The third-order valence-electron chi connectivity index (χ3n) is 13.5. The van der Waals surface area contributed by atoms with Gasteiger partial charge in [0.25, 0.3) is 0 Å². The van der Waals surface area contributed by atoms with E-state index in [2.05, 4.69) is 180 Å². The molecule has 14 rings (SSSR count). The van der Waals surface area contributed by atoms with E-state index in [1.54, 1.807) is 0 Å². The van der Waals surface area contributed by atoms with Crippen LogP contribution in [-0.4, -0.2) is 19.5 Å². The van der Waals surface area contributed by atoms with Crippen LogP contribution in [-0.2, 0) is 0 Å². The lowest BCUT2D eigenvalue weighted by Crippen LogP contribution is -2.00. The Morgan fingerprint density at radius 3 is 1.58 bits per heavy atom. The van der Waals surface area contributed by atoms with Crippen molar-refractivity contribution in [3.63, 3.8) is 0 Å². The van der Waals surface area contributed by atoms with E-state index in [1.807, 2.05) is 54.6 Å². The van der Waals surface area contributed by atoms with Crippen LogP contribution >= 0.6 is 0 Å². The highest BCUT2D eigenvalue weighted by Crippen LogP contribution is 2.44. The molecule has 0 N–H and O–H groups in total. The second-order valence-electron chi connectivity index (χ2n) is 17.5. The van der Waals surface area contributed by atoms with Crippen molar-refractivity contribution in [2.75, 3.05) is 0 Å². The van der Waals surface area contributed by atoms with E-state index < -0.39 is 0 Å². The molecule has 0 spiro atoms. The Labute approximate surface area is 396 Å². The summed E-state index contributed by atoms with van der Waals surface area (Å²) in [5.74, 6) is 1.73. The number of furan rings is 2. The molecule has 322 valence electrons. The lowest BCUT2D eigenvalue weighted by Gasteiger charge is -2.12. The van der Waals surface area contributed by atoms with Crippen molar-refractivity contribution in [3.05, 3.63) is 231 Å². The summed E-state index contributed by atoms with van der Waals surface area (Å²) in [6.45, 7) is 0. The van der Waals surface area contributed by atoms with E-state index in [-0.39, 0.29) is 0 Å². The zero-order valence-corrected chi connectivity index (χ0v) is 37.0. The molecule has 0 bridgehead atoms. The van der Waals surface area contributed by atoms with E-state index >= 15 is 0 Å². The van der Waals surface area contributed by atoms with Gasteiger partial charge in [-0.1, -0.05) is 170 Å². The highest BCUT2D eigenvalue weighted by molar-refractivity contribution is 6.17. The molecule has 0 unspecified atom stereocenters. The minimum absolute atomic E-state index is 0.553. The Balaban J connectivity index is 0.971. The number of benzene rings is 10. The standard InChI is InChI=1S/C63H38N4O2/c1-4-15-39(16-5-1)41-27-29-43(30-28-41)62-64-61(42-19-8-3-9-20-42)65-63(66-62)52-36-45(37-58-60(52)49-22-11-13-25-55(49)69-58)47-23-14-26-57-59(47)51-38-46(32-34-56(51)68-57)67-53-24-12-10-21-48(53)50-35-44(31-33-54(50)67)40-17-6-2-7-18-40/h1-38H. The number of hydrogen-bond acceptors (Lipinski definition) is 5. The van der Waals surface area contributed by atoms with Gasteiger partial charge in [-0.25, -0.2) is 15.0 Å².